The van der Waals surface area contributed by atoms with Crippen molar-refractivity contribution in [2.24, 2.45) is 0 Å². The largest absolute Gasteiger partial charge is 0.492 e. The average Bonchev–Trinajstić information content (AvgIpc) is 2.49. The summed E-state index contributed by atoms with van der Waals surface area (Å²) in [5.41, 5.74) is 1.10. The molecule has 2 aromatic rings. The van der Waals surface area contributed by atoms with Gasteiger partial charge in [0.25, 0.3) is 5.92 Å². The van der Waals surface area contributed by atoms with Crippen LogP contribution in [0.4, 0.5) is 8.78 Å². The number of nitrogens with zero attached hydrogens (tertiary/aromatic N) is 1. The first kappa shape index (κ1) is 15.2. The van der Waals surface area contributed by atoms with Crippen molar-refractivity contribution in [3.05, 3.63) is 42.0 Å². The van der Waals surface area contributed by atoms with Gasteiger partial charge >= 0.3 is 0 Å². The third-order valence-electron chi connectivity index (χ3n) is 4.30. The van der Waals surface area contributed by atoms with Crippen LogP contribution in [0.15, 0.2) is 36.4 Å². The number of alkyl halides is 2. The van der Waals surface area contributed by atoms with Crippen molar-refractivity contribution in [1.29, 1.82) is 0 Å². The first-order valence-electron chi connectivity index (χ1n) is 7.76. The zero-order chi connectivity index (χ0) is 15.6. The predicted molar refractivity (Wildman–Crippen MR) is 84.8 cm³/mol. The smallest absolute Gasteiger partial charge is 0.250 e. The lowest BCUT2D eigenvalue weighted by Gasteiger charge is -2.31. The molecule has 4 heteroatoms. The third kappa shape index (κ3) is 3.55. The van der Waals surface area contributed by atoms with E-state index in [1.807, 2.05) is 24.0 Å². The highest BCUT2D eigenvalue weighted by Crippen LogP contribution is 2.28. The van der Waals surface area contributed by atoms with Crippen LogP contribution < -0.4 is 4.74 Å². The summed E-state index contributed by atoms with van der Waals surface area (Å²) in [6, 6.07) is 12.3. The van der Waals surface area contributed by atoms with Gasteiger partial charge in [-0.05, 0) is 35.4 Å². The van der Waals surface area contributed by atoms with Gasteiger partial charge in [0.2, 0.25) is 0 Å². The number of rotatable bonds is 4. The third-order valence-corrected chi connectivity index (χ3v) is 4.30. The van der Waals surface area contributed by atoms with Gasteiger partial charge in [-0.1, -0.05) is 24.3 Å². The van der Waals surface area contributed by atoms with Crippen molar-refractivity contribution in [3.63, 3.8) is 0 Å². The highest BCUT2D eigenvalue weighted by atomic mass is 19.3. The van der Waals surface area contributed by atoms with E-state index in [0.29, 0.717) is 26.2 Å². The van der Waals surface area contributed by atoms with E-state index in [9.17, 15) is 8.78 Å². The molecule has 3 rings (SSSR count). The van der Waals surface area contributed by atoms with Crippen molar-refractivity contribution < 1.29 is 13.5 Å². The monoisotopic (exact) mass is 305 g/mol. The van der Waals surface area contributed by atoms with Crippen LogP contribution in [0, 0.1) is 6.92 Å². The molecule has 0 saturated carbocycles. The standard InChI is InChI=1S/C18H21F2NO/c1-14-12-15-4-2-3-5-16(15)13-17(14)22-11-10-21-8-6-18(19,20)7-9-21/h2-5,12-13H,6-11H2,1H3. The quantitative estimate of drug-likeness (QED) is 0.837. The van der Waals surface area contributed by atoms with Gasteiger partial charge in [-0.15, -0.1) is 0 Å². The fourth-order valence-electron chi connectivity index (χ4n) is 2.88. The molecule has 118 valence electrons. The number of hydrogen-bond donors (Lipinski definition) is 0. The van der Waals surface area contributed by atoms with E-state index in [-0.39, 0.29) is 12.8 Å². The Hall–Kier alpha value is -1.68. The fourth-order valence-corrected chi connectivity index (χ4v) is 2.88. The Morgan fingerprint density at radius 1 is 1.09 bits per heavy atom. The highest BCUT2D eigenvalue weighted by Gasteiger charge is 2.33. The van der Waals surface area contributed by atoms with Crippen molar-refractivity contribution >= 4 is 10.8 Å². The second kappa shape index (κ2) is 6.21. The van der Waals surface area contributed by atoms with Crippen molar-refractivity contribution in [2.45, 2.75) is 25.7 Å². The van der Waals surface area contributed by atoms with Crippen LogP contribution in [-0.2, 0) is 0 Å². The molecule has 1 heterocycles. The van der Waals surface area contributed by atoms with Gasteiger partial charge in [0, 0.05) is 32.5 Å². The summed E-state index contributed by atoms with van der Waals surface area (Å²) in [5, 5.41) is 2.35. The topological polar surface area (TPSA) is 12.5 Å². The molecule has 0 spiro atoms. The van der Waals surface area contributed by atoms with Crippen molar-refractivity contribution in [3.8, 4) is 5.75 Å². The van der Waals surface area contributed by atoms with Crippen LogP contribution in [0.3, 0.4) is 0 Å². The molecule has 2 nitrogen and oxygen atoms in total. The molecule has 0 atom stereocenters. The molecular weight excluding hydrogens is 284 g/mol. The molecule has 0 bridgehead atoms. The van der Waals surface area contributed by atoms with E-state index in [0.717, 1.165) is 16.7 Å². The van der Waals surface area contributed by atoms with Crippen LogP contribution in [0.2, 0.25) is 0 Å². The second-order valence-electron chi connectivity index (χ2n) is 6.01. The normalized spacial score (nSPS) is 18.5. The zero-order valence-corrected chi connectivity index (χ0v) is 12.8. The minimum Gasteiger partial charge on any atom is -0.492 e. The number of aryl methyl sites for hydroxylation is 1. The summed E-state index contributed by atoms with van der Waals surface area (Å²) in [6.07, 6.45) is -0.0794. The van der Waals surface area contributed by atoms with Crippen LogP contribution in [-0.4, -0.2) is 37.1 Å². The summed E-state index contributed by atoms with van der Waals surface area (Å²) in [5.74, 6) is -1.60. The van der Waals surface area contributed by atoms with E-state index >= 15 is 0 Å². The molecule has 0 aliphatic carbocycles. The molecular formula is C18H21F2NO. The summed E-state index contributed by atoms with van der Waals surface area (Å²) in [7, 11) is 0. The Morgan fingerprint density at radius 2 is 1.73 bits per heavy atom. The summed E-state index contributed by atoms with van der Waals surface area (Å²) in [4.78, 5) is 2.05. The first-order chi connectivity index (χ1) is 10.5. The van der Waals surface area contributed by atoms with E-state index < -0.39 is 5.92 Å². The minimum absolute atomic E-state index is 0.0397. The van der Waals surface area contributed by atoms with Gasteiger partial charge < -0.3 is 4.74 Å². The lowest BCUT2D eigenvalue weighted by Crippen LogP contribution is -2.41. The fraction of sp³-hybridized carbons (Fsp3) is 0.444. The van der Waals surface area contributed by atoms with Crippen LogP contribution in [0.1, 0.15) is 18.4 Å². The van der Waals surface area contributed by atoms with Gasteiger partial charge in [-0.2, -0.15) is 0 Å². The van der Waals surface area contributed by atoms with E-state index in [2.05, 4.69) is 24.3 Å². The van der Waals surface area contributed by atoms with Crippen LogP contribution in [0.25, 0.3) is 10.8 Å². The molecule has 0 radical (unpaired) electrons. The number of ether oxygens (including phenoxy) is 1. The van der Waals surface area contributed by atoms with E-state index in [4.69, 9.17) is 4.74 Å². The molecule has 0 N–H and O–H groups in total. The van der Waals surface area contributed by atoms with Gasteiger partial charge in [0.05, 0.1) is 0 Å². The Morgan fingerprint density at radius 3 is 2.41 bits per heavy atom. The molecule has 1 aliphatic heterocycles. The van der Waals surface area contributed by atoms with Crippen LogP contribution >= 0.6 is 0 Å². The van der Waals surface area contributed by atoms with E-state index in [1.54, 1.807) is 0 Å². The maximum absolute atomic E-state index is 13.1. The zero-order valence-electron chi connectivity index (χ0n) is 12.8. The molecule has 1 saturated heterocycles. The van der Waals surface area contributed by atoms with Crippen molar-refractivity contribution in [1.82, 2.24) is 4.90 Å². The number of piperidine rings is 1. The highest BCUT2D eigenvalue weighted by molar-refractivity contribution is 5.84. The minimum atomic E-state index is -2.48. The molecule has 1 fully saturated rings. The van der Waals surface area contributed by atoms with Gasteiger partial charge in [0.1, 0.15) is 12.4 Å². The maximum atomic E-state index is 13.1. The summed E-state index contributed by atoms with van der Waals surface area (Å²) in [6.45, 7) is 4.16. The number of fused-ring (bicyclic) bond motifs is 1. The molecule has 0 amide bonds. The SMILES string of the molecule is Cc1cc2ccccc2cc1OCCN1CCC(F)(F)CC1. The first-order valence-corrected chi connectivity index (χ1v) is 7.76. The Labute approximate surface area is 129 Å². The van der Waals surface area contributed by atoms with E-state index in [1.165, 1.54) is 5.39 Å². The lowest BCUT2D eigenvalue weighted by atomic mass is 10.1. The Kier molecular flexibility index (Phi) is 4.30. The second-order valence-corrected chi connectivity index (χ2v) is 6.01. The Bertz CT molecular complexity index is 647. The number of benzene rings is 2. The number of halogens is 2. The molecule has 0 unspecified atom stereocenters. The average molecular weight is 305 g/mol. The molecule has 22 heavy (non-hydrogen) atoms. The predicted octanol–water partition coefficient (Wildman–Crippen LogP) is 4.26. The summed E-state index contributed by atoms with van der Waals surface area (Å²) >= 11 is 0. The molecule has 1 aliphatic rings. The van der Waals surface area contributed by atoms with Crippen LogP contribution in [0.5, 0.6) is 5.75 Å². The summed E-state index contributed by atoms with van der Waals surface area (Å²) < 4.78 is 32.1. The molecule has 0 aromatic heterocycles. The maximum Gasteiger partial charge on any atom is 0.250 e. The molecule has 2 aromatic carbocycles. The van der Waals surface area contributed by atoms with Gasteiger partial charge in [-0.3, -0.25) is 4.90 Å². The number of likely N-dealkylation sites (tertiary alicyclic amines) is 1. The lowest BCUT2D eigenvalue weighted by molar-refractivity contribution is -0.0564. The van der Waals surface area contributed by atoms with Gasteiger partial charge in [0.15, 0.2) is 0 Å². The Balaban J connectivity index is 1.57. The van der Waals surface area contributed by atoms with Gasteiger partial charge in [-0.25, -0.2) is 8.78 Å². The number of hydrogen-bond acceptors (Lipinski definition) is 2. The van der Waals surface area contributed by atoms with Crippen molar-refractivity contribution in [2.75, 3.05) is 26.2 Å².